The second-order valence-electron chi connectivity index (χ2n) is 7.11. The van der Waals surface area contributed by atoms with E-state index in [9.17, 15) is 13.2 Å². The Hall–Kier alpha value is -2.69. The lowest BCUT2D eigenvalue weighted by Crippen LogP contribution is -2.40. The van der Waals surface area contributed by atoms with Crippen LogP contribution in [0.15, 0.2) is 58.3 Å². The molecule has 0 bridgehead atoms. The molecule has 1 aromatic carbocycles. The Labute approximate surface area is 167 Å². The molecule has 2 aromatic heterocycles. The normalized spacial score (nSPS) is 12.1. The van der Waals surface area contributed by atoms with Crippen molar-refractivity contribution in [2.45, 2.75) is 31.4 Å². The first-order chi connectivity index (χ1) is 13.0. The average molecular weight is 421 g/mol. The van der Waals surface area contributed by atoms with Crippen LogP contribution in [0.2, 0.25) is 0 Å². The lowest BCUT2D eigenvalue weighted by Gasteiger charge is -2.18. The number of carbonyl (C=O) groups is 1. The SMILES string of the molecule is CC(C)(C)NS(=O)(=O)c1ccc(C(=O)Nc2cccc(-n3cc[nH]c3=S)c2)o1. The Bertz CT molecular complexity index is 1170. The Morgan fingerprint density at radius 3 is 2.61 bits per heavy atom. The maximum absolute atomic E-state index is 12.5. The van der Waals surface area contributed by atoms with E-state index in [2.05, 4.69) is 15.0 Å². The van der Waals surface area contributed by atoms with Crippen molar-refractivity contribution in [2.75, 3.05) is 5.32 Å². The molecule has 2 heterocycles. The number of hydrogen-bond acceptors (Lipinski definition) is 5. The summed E-state index contributed by atoms with van der Waals surface area (Å²) >= 11 is 5.19. The zero-order valence-electron chi connectivity index (χ0n) is 15.5. The highest BCUT2D eigenvalue weighted by Crippen LogP contribution is 2.19. The fourth-order valence-electron chi connectivity index (χ4n) is 2.49. The summed E-state index contributed by atoms with van der Waals surface area (Å²) in [4.78, 5) is 15.3. The molecule has 28 heavy (non-hydrogen) atoms. The summed E-state index contributed by atoms with van der Waals surface area (Å²) in [6.07, 6.45) is 3.49. The standard InChI is InChI=1S/C18H20N4O4S2/c1-18(2,3)21-28(24,25)15-8-7-14(26-15)16(23)20-12-5-4-6-13(11-12)22-10-9-19-17(22)27/h4-11,21H,1-3H3,(H,19,27)(H,20,23). The summed E-state index contributed by atoms with van der Waals surface area (Å²) in [5.74, 6) is -0.676. The summed E-state index contributed by atoms with van der Waals surface area (Å²) in [6.45, 7) is 5.14. The molecule has 3 aromatic rings. The molecule has 0 aliphatic carbocycles. The summed E-state index contributed by atoms with van der Waals surface area (Å²) in [6, 6.07) is 9.62. The van der Waals surface area contributed by atoms with Gasteiger partial charge in [-0.25, -0.2) is 13.1 Å². The number of hydrogen-bond donors (Lipinski definition) is 3. The van der Waals surface area contributed by atoms with Crippen LogP contribution in [0, 0.1) is 4.77 Å². The van der Waals surface area contributed by atoms with Crippen molar-refractivity contribution < 1.29 is 17.6 Å². The number of H-pyrrole nitrogens is 1. The molecule has 0 radical (unpaired) electrons. The van der Waals surface area contributed by atoms with Gasteiger partial charge >= 0.3 is 0 Å². The van der Waals surface area contributed by atoms with Gasteiger partial charge in [0.05, 0.1) is 0 Å². The van der Waals surface area contributed by atoms with Gasteiger partial charge in [-0.2, -0.15) is 0 Å². The van der Waals surface area contributed by atoms with E-state index in [1.54, 1.807) is 55.9 Å². The van der Waals surface area contributed by atoms with Crippen molar-refractivity contribution >= 4 is 33.8 Å². The van der Waals surface area contributed by atoms with Gasteiger partial charge in [-0.05, 0) is 63.3 Å². The van der Waals surface area contributed by atoms with Crippen molar-refractivity contribution in [3.05, 3.63) is 59.3 Å². The van der Waals surface area contributed by atoms with Crippen LogP contribution in [0.5, 0.6) is 0 Å². The van der Waals surface area contributed by atoms with Gasteiger partial charge in [0.25, 0.3) is 15.9 Å². The predicted molar refractivity (Wildman–Crippen MR) is 108 cm³/mol. The van der Waals surface area contributed by atoms with Gasteiger partial charge in [0.1, 0.15) is 0 Å². The van der Waals surface area contributed by atoms with Gasteiger partial charge < -0.3 is 14.7 Å². The van der Waals surface area contributed by atoms with Crippen LogP contribution in [0.3, 0.4) is 0 Å². The fourth-order valence-corrected chi connectivity index (χ4v) is 4.08. The quantitative estimate of drug-likeness (QED) is 0.548. The van der Waals surface area contributed by atoms with E-state index in [-0.39, 0.29) is 10.9 Å². The second kappa shape index (κ2) is 7.38. The molecule has 3 N–H and O–H groups in total. The highest BCUT2D eigenvalue weighted by atomic mass is 32.2. The van der Waals surface area contributed by atoms with Gasteiger partial charge in [0.2, 0.25) is 5.09 Å². The Balaban J connectivity index is 1.79. The van der Waals surface area contributed by atoms with Crippen LogP contribution in [-0.4, -0.2) is 29.4 Å². The Morgan fingerprint density at radius 1 is 1.21 bits per heavy atom. The number of nitrogens with one attached hydrogen (secondary N) is 3. The number of imidazole rings is 1. The number of carbonyl (C=O) groups excluding carboxylic acids is 1. The maximum atomic E-state index is 12.5. The van der Waals surface area contributed by atoms with Crippen LogP contribution in [0.4, 0.5) is 5.69 Å². The molecule has 8 nitrogen and oxygen atoms in total. The Kier molecular flexibility index (Phi) is 5.28. The van der Waals surface area contributed by atoms with Crippen LogP contribution in [0.25, 0.3) is 5.69 Å². The molecular weight excluding hydrogens is 400 g/mol. The summed E-state index contributed by atoms with van der Waals surface area (Å²) < 4.78 is 34.6. The highest BCUT2D eigenvalue weighted by molar-refractivity contribution is 7.89. The van der Waals surface area contributed by atoms with Crippen molar-refractivity contribution in [1.82, 2.24) is 14.3 Å². The van der Waals surface area contributed by atoms with Gasteiger partial charge in [-0.15, -0.1) is 0 Å². The van der Waals surface area contributed by atoms with E-state index >= 15 is 0 Å². The van der Waals surface area contributed by atoms with E-state index in [1.807, 2.05) is 6.07 Å². The monoisotopic (exact) mass is 420 g/mol. The first-order valence-electron chi connectivity index (χ1n) is 8.37. The minimum atomic E-state index is -3.86. The van der Waals surface area contributed by atoms with Gasteiger partial charge in [0, 0.05) is 29.3 Å². The molecular formula is C18H20N4O4S2. The molecule has 0 unspecified atom stereocenters. The van der Waals surface area contributed by atoms with Crippen LogP contribution < -0.4 is 10.0 Å². The van der Waals surface area contributed by atoms with Gasteiger partial charge in [-0.3, -0.25) is 9.36 Å². The molecule has 10 heteroatoms. The predicted octanol–water partition coefficient (Wildman–Crippen LogP) is 3.46. The molecule has 0 fully saturated rings. The van der Waals surface area contributed by atoms with Gasteiger partial charge in [-0.1, -0.05) is 6.07 Å². The van der Waals surface area contributed by atoms with E-state index in [0.717, 1.165) is 5.69 Å². The summed E-state index contributed by atoms with van der Waals surface area (Å²) in [5, 5.41) is 2.37. The lowest BCUT2D eigenvalue weighted by molar-refractivity contribution is 0.0991. The number of sulfonamides is 1. The van der Waals surface area contributed by atoms with E-state index in [1.165, 1.54) is 12.1 Å². The van der Waals surface area contributed by atoms with Crippen molar-refractivity contribution in [2.24, 2.45) is 0 Å². The molecule has 1 amide bonds. The fraction of sp³-hybridized carbons (Fsp3) is 0.222. The number of rotatable bonds is 5. The number of nitrogens with zero attached hydrogens (tertiary/aromatic N) is 1. The Morgan fingerprint density at radius 2 is 1.96 bits per heavy atom. The third kappa shape index (κ3) is 4.58. The minimum absolute atomic E-state index is 0.113. The number of amides is 1. The molecule has 148 valence electrons. The molecule has 0 spiro atoms. The van der Waals surface area contributed by atoms with E-state index in [0.29, 0.717) is 10.5 Å². The third-order valence-electron chi connectivity index (χ3n) is 3.54. The number of benzene rings is 1. The lowest BCUT2D eigenvalue weighted by atomic mass is 10.1. The highest BCUT2D eigenvalue weighted by Gasteiger charge is 2.26. The second-order valence-corrected chi connectivity index (χ2v) is 9.11. The van der Waals surface area contributed by atoms with Crippen LogP contribution in [-0.2, 0) is 10.0 Å². The molecule has 0 saturated heterocycles. The number of aromatic amines is 1. The first-order valence-corrected chi connectivity index (χ1v) is 10.3. The van der Waals surface area contributed by atoms with Crippen LogP contribution in [0.1, 0.15) is 31.3 Å². The molecule has 0 atom stereocenters. The smallest absolute Gasteiger partial charge is 0.291 e. The van der Waals surface area contributed by atoms with E-state index in [4.69, 9.17) is 16.6 Å². The largest absolute Gasteiger partial charge is 0.438 e. The van der Waals surface area contributed by atoms with E-state index < -0.39 is 21.5 Å². The minimum Gasteiger partial charge on any atom is -0.438 e. The van der Waals surface area contributed by atoms with Gasteiger partial charge in [0.15, 0.2) is 10.5 Å². The number of furan rings is 1. The molecule has 0 aliphatic heterocycles. The number of aromatic nitrogens is 2. The number of anilines is 1. The van der Waals surface area contributed by atoms with Crippen molar-refractivity contribution in [3.63, 3.8) is 0 Å². The average Bonchev–Trinajstić information content (AvgIpc) is 3.22. The van der Waals surface area contributed by atoms with Crippen molar-refractivity contribution in [1.29, 1.82) is 0 Å². The van der Waals surface area contributed by atoms with Crippen molar-refractivity contribution in [3.8, 4) is 5.69 Å². The molecule has 3 rings (SSSR count). The molecule has 0 aliphatic rings. The molecule has 0 saturated carbocycles. The zero-order valence-corrected chi connectivity index (χ0v) is 17.1. The summed E-state index contributed by atoms with van der Waals surface area (Å²) in [7, 11) is -3.86. The zero-order chi connectivity index (χ0) is 20.5. The summed E-state index contributed by atoms with van der Waals surface area (Å²) in [5.41, 5.74) is 0.605. The topological polar surface area (TPSA) is 109 Å². The first kappa shape index (κ1) is 20.1. The maximum Gasteiger partial charge on any atom is 0.291 e. The third-order valence-corrected chi connectivity index (χ3v) is 5.49. The van der Waals surface area contributed by atoms with Crippen LogP contribution >= 0.6 is 12.2 Å².